The summed E-state index contributed by atoms with van der Waals surface area (Å²) < 4.78 is 36.6. The summed E-state index contributed by atoms with van der Waals surface area (Å²) in [4.78, 5) is 25.0. The van der Waals surface area contributed by atoms with Crippen molar-refractivity contribution in [1.82, 2.24) is 9.44 Å². The minimum absolute atomic E-state index is 0.0656. The van der Waals surface area contributed by atoms with E-state index in [-0.39, 0.29) is 29.3 Å². The number of hydrogen-bond acceptors (Lipinski definition) is 6. The van der Waals surface area contributed by atoms with Crippen LogP contribution in [-0.4, -0.2) is 50.2 Å². The van der Waals surface area contributed by atoms with E-state index in [0.717, 1.165) is 51.4 Å². The van der Waals surface area contributed by atoms with Gasteiger partial charge in [0, 0.05) is 5.41 Å². The first kappa shape index (κ1) is 28.3. The molecule has 35 heavy (non-hydrogen) atoms. The molecule has 0 radical (unpaired) electrons. The quantitative estimate of drug-likeness (QED) is 0.218. The number of esters is 1. The van der Waals surface area contributed by atoms with Gasteiger partial charge < -0.3 is 15.6 Å². The number of rotatable bonds is 13. The van der Waals surface area contributed by atoms with E-state index in [2.05, 4.69) is 30.2 Å². The summed E-state index contributed by atoms with van der Waals surface area (Å²) in [5, 5.41) is 9.49. The van der Waals surface area contributed by atoms with Crippen molar-refractivity contribution in [1.29, 1.82) is 0 Å². The summed E-state index contributed by atoms with van der Waals surface area (Å²) in [7, 11) is -4.25. The highest BCUT2D eigenvalue weighted by molar-refractivity contribution is 7.87. The van der Waals surface area contributed by atoms with Crippen LogP contribution in [0.2, 0.25) is 0 Å². The minimum atomic E-state index is -4.25. The number of carbonyl (C=O) groups is 2. The van der Waals surface area contributed by atoms with E-state index in [1.54, 1.807) is 0 Å². The number of carboxylic acids is 1. The first-order valence-corrected chi connectivity index (χ1v) is 14.8. The van der Waals surface area contributed by atoms with E-state index in [1.165, 1.54) is 0 Å². The number of carbonyl (C=O) groups excluding carboxylic acids is 1. The van der Waals surface area contributed by atoms with Gasteiger partial charge in [0.05, 0.1) is 0 Å². The third-order valence-corrected chi connectivity index (χ3v) is 10.6. The maximum absolute atomic E-state index is 13.4. The summed E-state index contributed by atoms with van der Waals surface area (Å²) in [5.74, 6) is -1.08. The molecule has 202 valence electrons. The molecule has 0 aliphatic heterocycles. The number of nitrogens with two attached hydrogens (primary N) is 1. The number of nitrogens with one attached hydrogen (secondary N) is 2. The van der Waals surface area contributed by atoms with Crippen molar-refractivity contribution in [2.75, 3.05) is 6.54 Å². The normalized spacial score (nSPS) is 30.2. The summed E-state index contributed by atoms with van der Waals surface area (Å²) in [6, 6.07) is -2.32. The fraction of sp³-hybridized carbons (Fsp3) is 0.920. The molecule has 3 unspecified atom stereocenters. The highest BCUT2D eigenvalue weighted by atomic mass is 32.2. The maximum atomic E-state index is 13.4. The Morgan fingerprint density at radius 1 is 1.06 bits per heavy atom. The molecule has 5 N–H and O–H groups in total. The van der Waals surface area contributed by atoms with Gasteiger partial charge in [0.25, 0.3) is 10.2 Å². The second-order valence-electron chi connectivity index (χ2n) is 11.7. The Bertz CT molecular complexity index is 857. The van der Waals surface area contributed by atoms with E-state index in [1.807, 2.05) is 0 Å². The summed E-state index contributed by atoms with van der Waals surface area (Å²) in [5.41, 5.74) is 5.41. The van der Waals surface area contributed by atoms with Crippen molar-refractivity contribution in [3.8, 4) is 0 Å². The molecule has 0 spiro atoms. The molecule has 9 nitrogen and oxygen atoms in total. The lowest BCUT2D eigenvalue weighted by Crippen LogP contribution is -2.53. The lowest BCUT2D eigenvalue weighted by molar-refractivity contribution is -0.159. The van der Waals surface area contributed by atoms with Crippen molar-refractivity contribution in [3.63, 3.8) is 0 Å². The molecule has 3 saturated carbocycles. The number of hydrogen-bond donors (Lipinski definition) is 4. The van der Waals surface area contributed by atoms with Crippen molar-refractivity contribution in [3.05, 3.63) is 0 Å². The SMILES string of the molecule is CC1(C)C2CCC1(C)C(OC(=O)[C@H](CC1CCCCC1)NS(=O)(=O)N[C@@H](CCCCN)C(=O)O)C2. The third-order valence-electron chi connectivity index (χ3n) is 9.39. The molecule has 0 amide bonds. The summed E-state index contributed by atoms with van der Waals surface area (Å²) >= 11 is 0. The first-order chi connectivity index (χ1) is 16.4. The Kier molecular flexibility index (Phi) is 9.26. The fourth-order valence-corrected chi connectivity index (χ4v) is 7.84. The van der Waals surface area contributed by atoms with Gasteiger partial charge in [-0.05, 0) is 62.3 Å². The van der Waals surface area contributed by atoms with Crippen molar-refractivity contribution >= 4 is 22.1 Å². The van der Waals surface area contributed by atoms with Crippen LogP contribution in [0, 0.1) is 22.7 Å². The number of ether oxygens (including phenoxy) is 1. The molecule has 2 bridgehead atoms. The fourth-order valence-electron chi connectivity index (χ4n) is 6.61. The first-order valence-electron chi connectivity index (χ1n) is 13.3. The van der Waals surface area contributed by atoms with E-state index in [4.69, 9.17) is 10.5 Å². The Morgan fingerprint density at radius 2 is 1.71 bits per heavy atom. The van der Waals surface area contributed by atoms with Crippen LogP contribution in [0.1, 0.15) is 97.8 Å². The molecule has 10 heteroatoms. The summed E-state index contributed by atoms with van der Waals surface area (Å²) in [6.07, 6.45) is 9.45. The molecule has 0 aromatic rings. The number of fused-ring (bicyclic) bond motifs is 2. The van der Waals surface area contributed by atoms with E-state index < -0.39 is 34.2 Å². The number of aliphatic carboxylic acids is 1. The predicted molar refractivity (Wildman–Crippen MR) is 134 cm³/mol. The molecule has 3 aliphatic rings. The standard InChI is InChI=1S/C25H45N3O6S/c1-24(2)18-12-13-25(24,3)21(16-18)34-23(31)20(15-17-9-5-4-6-10-17)28-35(32,33)27-19(22(29)30)11-7-8-14-26/h17-21,27-28H,4-16,26H2,1-3H3,(H,29,30)/t18?,19-,20-,21?,25?/m0/s1. The van der Waals surface area contributed by atoms with Crippen LogP contribution in [0.4, 0.5) is 0 Å². The molecule has 3 aliphatic carbocycles. The van der Waals surface area contributed by atoms with Gasteiger partial charge in [-0.15, -0.1) is 0 Å². The van der Waals surface area contributed by atoms with Gasteiger partial charge in [0.1, 0.15) is 18.2 Å². The van der Waals surface area contributed by atoms with Crippen LogP contribution in [0.15, 0.2) is 0 Å². The van der Waals surface area contributed by atoms with Crippen LogP contribution in [-0.2, 0) is 24.5 Å². The lowest BCUT2D eigenvalue weighted by atomic mass is 9.70. The molecule has 3 rings (SSSR count). The highest BCUT2D eigenvalue weighted by Gasteiger charge is 2.63. The van der Waals surface area contributed by atoms with Crippen LogP contribution in [0.5, 0.6) is 0 Å². The van der Waals surface area contributed by atoms with Gasteiger partial charge in [-0.1, -0.05) is 59.3 Å². The van der Waals surface area contributed by atoms with Crippen molar-refractivity contribution < 1.29 is 27.9 Å². The maximum Gasteiger partial charge on any atom is 0.324 e. The zero-order valence-electron chi connectivity index (χ0n) is 21.6. The second kappa shape index (κ2) is 11.4. The van der Waals surface area contributed by atoms with Crippen LogP contribution in [0.25, 0.3) is 0 Å². The molecule has 0 aromatic heterocycles. The molecule has 0 heterocycles. The largest absolute Gasteiger partial charge is 0.480 e. The van der Waals surface area contributed by atoms with Crippen LogP contribution in [0.3, 0.4) is 0 Å². The zero-order chi connectivity index (χ0) is 25.9. The smallest absolute Gasteiger partial charge is 0.324 e. The van der Waals surface area contributed by atoms with E-state index >= 15 is 0 Å². The average Bonchev–Trinajstić information content (AvgIpc) is 3.12. The van der Waals surface area contributed by atoms with Crippen molar-refractivity contribution in [2.45, 2.75) is 116 Å². The van der Waals surface area contributed by atoms with Gasteiger partial charge in [-0.3, -0.25) is 9.59 Å². The molecular weight excluding hydrogens is 470 g/mol. The van der Waals surface area contributed by atoms with Gasteiger partial charge in [0.15, 0.2) is 0 Å². The van der Waals surface area contributed by atoms with Gasteiger partial charge >= 0.3 is 11.9 Å². The molecule has 0 saturated heterocycles. The zero-order valence-corrected chi connectivity index (χ0v) is 22.4. The minimum Gasteiger partial charge on any atom is -0.480 e. The van der Waals surface area contributed by atoms with Crippen LogP contribution >= 0.6 is 0 Å². The van der Waals surface area contributed by atoms with Gasteiger partial charge in [-0.2, -0.15) is 17.9 Å². The van der Waals surface area contributed by atoms with Crippen molar-refractivity contribution in [2.24, 2.45) is 28.4 Å². The van der Waals surface area contributed by atoms with Gasteiger partial charge in [-0.25, -0.2) is 0 Å². The number of carboxylic acid groups (broad SMARTS) is 1. The predicted octanol–water partition coefficient (Wildman–Crippen LogP) is 3.09. The number of unbranched alkanes of at least 4 members (excludes halogenated alkanes) is 1. The highest BCUT2D eigenvalue weighted by Crippen LogP contribution is 2.66. The average molecular weight is 516 g/mol. The van der Waals surface area contributed by atoms with E-state index in [9.17, 15) is 23.1 Å². The Morgan fingerprint density at radius 3 is 2.26 bits per heavy atom. The van der Waals surface area contributed by atoms with Crippen LogP contribution < -0.4 is 15.2 Å². The molecule has 0 aromatic carbocycles. The Labute approximate surface area is 210 Å². The summed E-state index contributed by atoms with van der Waals surface area (Å²) in [6.45, 7) is 7.06. The van der Waals surface area contributed by atoms with E-state index in [0.29, 0.717) is 31.7 Å². The molecular formula is C25H45N3O6S. The Hall–Kier alpha value is -1.23. The molecule has 5 atom stereocenters. The second-order valence-corrected chi connectivity index (χ2v) is 13.2. The lowest BCUT2D eigenvalue weighted by Gasteiger charge is -2.39. The third kappa shape index (κ3) is 6.56. The van der Waals surface area contributed by atoms with Gasteiger partial charge in [0.2, 0.25) is 0 Å². The Balaban J connectivity index is 1.71. The monoisotopic (exact) mass is 515 g/mol. The molecule has 3 fully saturated rings. The topological polar surface area (TPSA) is 148 Å².